The van der Waals surface area contributed by atoms with Crippen molar-refractivity contribution in [3.8, 4) is 0 Å². The average Bonchev–Trinajstić information content (AvgIpc) is 3.59. The first-order valence-electron chi connectivity index (χ1n) is 10.2. The van der Waals surface area contributed by atoms with E-state index in [9.17, 15) is 9.59 Å². The third-order valence-corrected chi connectivity index (χ3v) is 6.81. The third kappa shape index (κ3) is 3.32. The fraction of sp³-hybridized carbons (Fsp3) is 0.636. The van der Waals surface area contributed by atoms with Gasteiger partial charge in [-0.1, -0.05) is 25.1 Å². The number of benzene rings is 1. The van der Waals surface area contributed by atoms with Crippen molar-refractivity contribution in [1.82, 2.24) is 10.2 Å². The number of nitrogens with zero attached hydrogens (tertiary/aromatic N) is 1. The van der Waals surface area contributed by atoms with E-state index >= 15 is 0 Å². The van der Waals surface area contributed by atoms with E-state index in [1.165, 1.54) is 43.1 Å². The van der Waals surface area contributed by atoms with Gasteiger partial charge in [-0.25, -0.2) is 4.79 Å². The first-order valence-corrected chi connectivity index (χ1v) is 10.2. The van der Waals surface area contributed by atoms with Crippen molar-refractivity contribution < 1.29 is 14.3 Å². The maximum absolute atomic E-state index is 13.0. The minimum atomic E-state index is -0.478. The summed E-state index contributed by atoms with van der Waals surface area (Å²) in [5.74, 6) is 1.34. The lowest BCUT2D eigenvalue weighted by atomic mass is 9.89. The summed E-state index contributed by atoms with van der Waals surface area (Å²) in [6.07, 6.45) is 4.08. The number of fused-ring (bicyclic) bond motifs is 1. The summed E-state index contributed by atoms with van der Waals surface area (Å²) in [6, 6.07) is 7.01. The molecule has 1 heterocycles. The Morgan fingerprint density at radius 3 is 2.78 bits per heavy atom. The summed E-state index contributed by atoms with van der Waals surface area (Å²) in [5.41, 5.74) is 4.47. The molecule has 4 rings (SSSR count). The molecule has 5 nitrogen and oxygen atoms in total. The van der Waals surface area contributed by atoms with Gasteiger partial charge in [0.15, 0.2) is 0 Å². The van der Waals surface area contributed by atoms with Gasteiger partial charge in [-0.3, -0.25) is 4.79 Å². The van der Waals surface area contributed by atoms with Crippen LogP contribution in [0.1, 0.15) is 55.2 Å². The first kappa shape index (κ1) is 18.3. The second kappa shape index (κ2) is 6.84. The molecule has 5 heteroatoms. The van der Waals surface area contributed by atoms with E-state index in [2.05, 4.69) is 35.2 Å². The number of nitrogens with one attached hydrogen (secondary N) is 1. The molecule has 3 fully saturated rings. The normalized spacial score (nSPS) is 27.1. The zero-order chi connectivity index (χ0) is 19.2. The van der Waals surface area contributed by atoms with Crippen molar-refractivity contribution in [3.05, 3.63) is 34.9 Å². The lowest BCUT2D eigenvalue weighted by Gasteiger charge is -2.26. The monoisotopic (exact) mass is 370 g/mol. The summed E-state index contributed by atoms with van der Waals surface area (Å²) in [6.45, 7) is 6.22. The molecule has 2 unspecified atom stereocenters. The fourth-order valence-corrected chi connectivity index (χ4v) is 4.93. The van der Waals surface area contributed by atoms with Crippen molar-refractivity contribution in [1.29, 1.82) is 0 Å². The molecule has 3 aliphatic rings. The maximum Gasteiger partial charge on any atom is 0.406 e. The molecule has 27 heavy (non-hydrogen) atoms. The number of hydrogen-bond donors (Lipinski definition) is 1. The second-order valence-corrected chi connectivity index (χ2v) is 8.60. The van der Waals surface area contributed by atoms with Crippen LogP contribution in [-0.4, -0.2) is 43.6 Å². The van der Waals surface area contributed by atoms with Gasteiger partial charge in [-0.05, 0) is 61.1 Å². The summed E-state index contributed by atoms with van der Waals surface area (Å²) in [4.78, 5) is 26.3. The molecule has 0 radical (unpaired) electrons. The van der Waals surface area contributed by atoms with Crippen molar-refractivity contribution >= 4 is 12.0 Å². The van der Waals surface area contributed by atoms with Crippen LogP contribution in [0.5, 0.6) is 0 Å². The standard InChI is InChI=1S/C22H30N2O3/c1-4-15(11-23-21(26)27-3)20(25)24-12-18-10-22(18,13-24)19-8-7-17(9-14(19)2)16-5-6-16/h7-9,15-16,18H,4-6,10-13H2,1-3H3,(H,23,26)/t15-,18?,22?/m1/s1. The van der Waals surface area contributed by atoms with Gasteiger partial charge in [0.25, 0.3) is 0 Å². The van der Waals surface area contributed by atoms with Crippen LogP contribution in [0.2, 0.25) is 0 Å². The quantitative estimate of drug-likeness (QED) is 0.835. The summed E-state index contributed by atoms with van der Waals surface area (Å²) >= 11 is 0. The smallest absolute Gasteiger partial charge is 0.406 e. The molecule has 1 aromatic carbocycles. The highest BCUT2D eigenvalue weighted by Crippen LogP contribution is 2.60. The Balaban J connectivity index is 1.43. The van der Waals surface area contributed by atoms with Crippen molar-refractivity contribution in [2.24, 2.45) is 11.8 Å². The van der Waals surface area contributed by atoms with E-state index in [4.69, 9.17) is 0 Å². The Kier molecular flexibility index (Phi) is 4.65. The van der Waals surface area contributed by atoms with E-state index in [0.29, 0.717) is 18.9 Å². The molecular weight excluding hydrogens is 340 g/mol. The number of methoxy groups -OCH3 is 1. The number of carbonyl (C=O) groups is 2. The zero-order valence-corrected chi connectivity index (χ0v) is 16.6. The number of rotatable bonds is 6. The fourth-order valence-electron chi connectivity index (χ4n) is 4.93. The van der Waals surface area contributed by atoms with E-state index in [-0.39, 0.29) is 17.2 Å². The molecular formula is C22H30N2O3. The highest BCUT2D eigenvalue weighted by molar-refractivity contribution is 5.81. The summed E-state index contributed by atoms with van der Waals surface area (Å²) in [5, 5.41) is 2.67. The first-order chi connectivity index (χ1) is 13.0. The Hall–Kier alpha value is -2.04. The molecule has 0 bridgehead atoms. The third-order valence-electron chi connectivity index (χ3n) is 6.81. The van der Waals surface area contributed by atoms with Crippen LogP contribution in [0.15, 0.2) is 18.2 Å². The van der Waals surface area contributed by atoms with Crippen molar-refractivity contribution in [2.75, 3.05) is 26.7 Å². The number of carbonyl (C=O) groups excluding carboxylic acids is 2. The van der Waals surface area contributed by atoms with Gasteiger partial charge in [-0.15, -0.1) is 0 Å². The molecule has 1 saturated heterocycles. The van der Waals surface area contributed by atoms with Crippen LogP contribution >= 0.6 is 0 Å². The minimum absolute atomic E-state index is 0.160. The van der Waals surface area contributed by atoms with E-state index in [1.54, 1.807) is 0 Å². The lowest BCUT2D eigenvalue weighted by molar-refractivity contribution is -0.135. The van der Waals surface area contributed by atoms with Gasteiger partial charge >= 0.3 is 6.09 Å². The van der Waals surface area contributed by atoms with Gasteiger partial charge in [0, 0.05) is 25.0 Å². The van der Waals surface area contributed by atoms with Crippen molar-refractivity contribution in [2.45, 2.75) is 50.9 Å². The van der Waals surface area contributed by atoms with Gasteiger partial charge in [-0.2, -0.15) is 0 Å². The van der Waals surface area contributed by atoms with Gasteiger partial charge in [0.1, 0.15) is 0 Å². The van der Waals surface area contributed by atoms with Gasteiger partial charge in [0.05, 0.1) is 13.0 Å². The molecule has 3 atom stereocenters. The second-order valence-electron chi connectivity index (χ2n) is 8.60. The van der Waals surface area contributed by atoms with E-state index in [1.807, 2.05) is 11.8 Å². The van der Waals surface area contributed by atoms with Crippen LogP contribution in [0.4, 0.5) is 4.79 Å². The van der Waals surface area contributed by atoms with E-state index in [0.717, 1.165) is 19.0 Å². The summed E-state index contributed by atoms with van der Waals surface area (Å²) < 4.78 is 4.62. The SMILES string of the molecule is CC[C@H](CNC(=O)OC)C(=O)N1CC2CC2(c2ccc(C3CC3)cc2C)C1. The number of aryl methyl sites for hydroxylation is 1. The Labute approximate surface area is 161 Å². The van der Waals surface area contributed by atoms with E-state index < -0.39 is 6.09 Å². The zero-order valence-electron chi connectivity index (χ0n) is 16.6. The molecule has 1 aliphatic heterocycles. The molecule has 2 saturated carbocycles. The molecule has 0 spiro atoms. The molecule has 0 aromatic heterocycles. The number of piperidine rings is 1. The Bertz CT molecular complexity index is 758. The van der Waals surface area contributed by atoms with Crippen molar-refractivity contribution in [3.63, 3.8) is 0 Å². The Morgan fingerprint density at radius 1 is 1.37 bits per heavy atom. The van der Waals surface area contributed by atoms with Crippen LogP contribution < -0.4 is 5.32 Å². The van der Waals surface area contributed by atoms with Crippen LogP contribution in [-0.2, 0) is 14.9 Å². The largest absolute Gasteiger partial charge is 0.453 e. The predicted octanol–water partition coefficient (Wildman–Crippen LogP) is 3.35. The minimum Gasteiger partial charge on any atom is -0.453 e. The molecule has 1 N–H and O–H groups in total. The van der Waals surface area contributed by atoms with Gasteiger partial charge < -0.3 is 15.0 Å². The number of likely N-dealkylation sites (tertiary alicyclic amines) is 1. The lowest BCUT2D eigenvalue weighted by Crippen LogP contribution is -2.42. The number of amides is 2. The predicted molar refractivity (Wildman–Crippen MR) is 104 cm³/mol. The molecule has 1 aromatic rings. The molecule has 2 amide bonds. The topological polar surface area (TPSA) is 58.6 Å². The number of hydrogen-bond acceptors (Lipinski definition) is 3. The highest BCUT2D eigenvalue weighted by Gasteiger charge is 2.62. The summed E-state index contributed by atoms with van der Waals surface area (Å²) in [7, 11) is 1.34. The molecule has 146 valence electrons. The highest BCUT2D eigenvalue weighted by atomic mass is 16.5. The van der Waals surface area contributed by atoms with Crippen LogP contribution in [0.25, 0.3) is 0 Å². The van der Waals surface area contributed by atoms with Crippen LogP contribution in [0.3, 0.4) is 0 Å². The average molecular weight is 370 g/mol. The maximum atomic E-state index is 13.0. The number of alkyl carbamates (subject to hydrolysis) is 1. The van der Waals surface area contributed by atoms with Gasteiger partial charge in [0.2, 0.25) is 5.91 Å². The Morgan fingerprint density at radius 2 is 2.15 bits per heavy atom. The number of ether oxygens (including phenoxy) is 1. The van der Waals surface area contributed by atoms with Crippen LogP contribution in [0, 0.1) is 18.8 Å². The molecule has 2 aliphatic carbocycles.